The van der Waals surface area contributed by atoms with Gasteiger partial charge in [-0.1, -0.05) is 0 Å². The zero-order chi connectivity index (χ0) is 7.84. The number of rotatable bonds is 2. The lowest BCUT2D eigenvalue weighted by atomic mass is 10.3. The molecule has 2 nitrogen and oxygen atoms in total. The number of aryl methyl sites for hydroxylation is 1. The first-order chi connectivity index (χ1) is 5.27. The molecule has 0 aromatic carbocycles. The maximum absolute atomic E-state index is 4.31. The fraction of sp³-hybridized carbons (Fsp3) is 0.667. The highest BCUT2D eigenvalue weighted by molar-refractivity contribution is 5.13. The van der Waals surface area contributed by atoms with Crippen LogP contribution in [0.5, 0.6) is 0 Å². The van der Waals surface area contributed by atoms with E-state index < -0.39 is 0 Å². The van der Waals surface area contributed by atoms with Gasteiger partial charge in [-0.3, -0.25) is 4.68 Å². The Labute approximate surface area is 67.2 Å². The highest BCUT2D eigenvalue weighted by Gasteiger charge is 2.22. The molecule has 1 saturated carbocycles. The lowest BCUT2D eigenvalue weighted by Crippen LogP contribution is -2.03. The summed E-state index contributed by atoms with van der Waals surface area (Å²) in [7, 11) is 0. The van der Waals surface area contributed by atoms with Gasteiger partial charge in [-0.15, -0.1) is 0 Å². The van der Waals surface area contributed by atoms with E-state index in [9.17, 15) is 0 Å². The molecule has 0 aliphatic heterocycles. The molecular formula is C9H14N2. The lowest BCUT2D eigenvalue weighted by Gasteiger charge is -2.01. The fourth-order valence-corrected chi connectivity index (χ4v) is 1.27. The van der Waals surface area contributed by atoms with Gasteiger partial charge in [0, 0.05) is 12.2 Å². The first-order valence-corrected chi connectivity index (χ1v) is 4.26. The molecule has 1 heterocycles. The summed E-state index contributed by atoms with van der Waals surface area (Å²) in [5, 5.41) is 4.31. The third kappa shape index (κ3) is 1.30. The Morgan fingerprint density at radius 1 is 1.55 bits per heavy atom. The second-order valence-corrected chi connectivity index (χ2v) is 3.54. The Kier molecular flexibility index (Phi) is 1.48. The highest BCUT2D eigenvalue weighted by atomic mass is 15.3. The number of hydrogen-bond acceptors (Lipinski definition) is 1. The molecule has 1 aliphatic carbocycles. The first-order valence-electron chi connectivity index (χ1n) is 4.26. The summed E-state index contributed by atoms with van der Waals surface area (Å²) < 4.78 is 2.13. The minimum atomic E-state index is 0.924. The van der Waals surface area contributed by atoms with Crippen LogP contribution in [-0.2, 0) is 6.54 Å². The van der Waals surface area contributed by atoms with E-state index in [2.05, 4.69) is 23.6 Å². The minimum Gasteiger partial charge on any atom is -0.269 e. The topological polar surface area (TPSA) is 17.8 Å². The van der Waals surface area contributed by atoms with Crippen molar-refractivity contribution in [3.05, 3.63) is 17.5 Å². The largest absolute Gasteiger partial charge is 0.269 e. The number of aromatic nitrogens is 2. The van der Waals surface area contributed by atoms with Gasteiger partial charge in [-0.2, -0.15) is 5.10 Å². The second-order valence-electron chi connectivity index (χ2n) is 3.54. The standard InChI is InChI=1S/C9H14N2/c1-7-5-10-11(8(7)2)6-9-3-4-9/h5,9H,3-4,6H2,1-2H3. The van der Waals surface area contributed by atoms with Gasteiger partial charge in [0.2, 0.25) is 0 Å². The van der Waals surface area contributed by atoms with E-state index in [0.717, 1.165) is 12.5 Å². The highest BCUT2D eigenvalue weighted by Crippen LogP contribution is 2.30. The van der Waals surface area contributed by atoms with Crippen molar-refractivity contribution >= 4 is 0 Å². The molecule has 1 fully saturated rings. The van der Waals surface area contributed by atoms with Crippen molar-refractivity contribution < 1.29 is 0 Å². The van der Waals surface area contributed by atoms with E-state index >= 15 is 0 Å². The van der Waals surface area contributed by atoms with E-state index in [-0.39, 0.29) is 0 Å². The van der Waals surface area contributed by atoms with Crippen LogP contribution in [0.15, 0.2) is 6.20 Å². The SMILES string of the molecule is Cc1cnn(CC2CC2)c1C. The van der Waals surface area contributed by atoms with Crippen molar-refractivity contribution in [2.75, 3.05) is 0 Å². The maximum atomic E-state index is 4.31. The van der Waals surface area contributed by atoms with Crippen LogP contribution in [0.3, 0.4) is 0 Å². The van der Waals surface area contributed by atoms with Crippen LogP contribution >= 0.6 is 0 Å². The summed E-state index contributed by atoms with van der Waals surface area (Å²) in [5.74, 6) is 0.924. The summed E-state index contributed by atoms with van der Waals surface area (Å²) in [4.78, 5) is 0. The Bertz CT molecular complexity index is 259. The third-order valence-corrected chi connectivity index (χ3v) is 2.48. The van der Waals surface area contributed by atoms with Crippen LogP contribution in [-0.4, -0.2) is 9.78 Å². The number of nitrogens with zero attached hydrogens (tertiary/aromatic N) is 2. The summed E-state index contributed by atoms with van der Waals surface area (Å²) >= 11 is 0. The summed E-state index contributed by atoms with van der Waals surface area (Å²) in [6, 6.07) is 0. The lowest BCUT2D eigenvalue weighted by molar-refractivity contribution is 0.549. The molecule has 1 aromatic rings. The van der Waals surface area contributed by atoms with Crippen LogP contribution in [0.1, 0.15) is 24.1 Å². The molecule has 0 spiro atoms. The number of hydrogen-bond donors (Lipinski definition) is 0. The van der Waals surface area contributed by atoms with Crippen LogP contribution in [0.25, 0.3) is 0 Å². The molecule has 1 aromatic heterocycles. The average Bonchev–Trinajstić information content (AvgIpc) is 2.74. The molecule has 0 N–H and O–H groups in total. The van der Waals surface area contributed by atoms with Gasteiger partial charge in [-0.25, -0.2) is 0 Å². The Morgan fingerprint density at radius 2 is 2.27 bits per heavy atom. The quantitative estimate of drug-likeness (QED) is 0.629. The first kappa shape index (κ1) is 6.89. The second kappa shape index (κ2) is 2.36. The Hall–Kier alpha value is -0.790. The molecule has 0 atom stereocenters. The van der Waals surface area contributed by atoms with E-state index in [1.165, 1.54) is 24.1 Å². The molecule has 2 heteroatoms. The molecule has 0 bridgehead atoms. The predicted octanol–water partition coefficient (Wildman–Crippen LogP) is 1.91. The predicted molar refractivity (Wildman–Crippen MR) is 44.4 cm³/mol. The zero-order valence-corrected chi connectivity index (χ0v) is 7.17. The fourth-order valence-electron chi connectivity index (χ4n) is 1.27. The smallest absolute Gasteiger partial charge is 0.0521 e. The zero-order valence-electron chi connectivity index (χ0n) is 7.17. The average molecular weight is 150 g/mol. The van der Waals surface area contributed by atoms with Gasteiger partial charge in [0.1, 0.15) is 0 Å². The van der Waals surface area contributed by atoms with Gasteiger partial charge < -0.3 is 0 Å². The normalized spacial score (nSPS) is 17.3. The monoisotopic (exact) mass is 150 g/mol. The van der Waals surface area contributed by atoms with Gasteiger partial charge >= 0.3 is 0 Å². The van der Waals surface area contributed by atoms with Crippen LogP contribution < -0.4 is 0 Å². The van der Waals surface area contributed by atoms with Gasteiger partial charge in [0.15, 0.2) is 0 Å². The molecule has 2 rings (SSSR count). The van der Waals surface area contributed by atoms with Crippen LogP contribution in [0.2, 0.25) is 0 Å². The van der Waals surface area contributed by atoms with Crippen molar-refractivity contribution in [3.8, 4) is 0 Å². The summed E-state index contributed by atoms with van der Waals surface area (Å²) in [6.45, 7) is 5.40. The van der Waals surface area contributed by atoms with Crippen molar-refractivity contribution in [2.24, 2.45) is 5.92 Å². The van der Waals surface area contributed by atoms with Crippen LogP contribution in [0.4, 0.5) is 0 Å². The van der Waals surface area contributed by atoms with Crippen molar-refractivity contribution in [3.63, 3.8) is 0 Å². The van der Waals surface area contributed by atoms with Gasteiger partial charge in [-0.05, 0) is 38.2 Å². The van der Waals surface area contributed by atoms with E-state index in [4.69, 9.17) is 0 Å². The van der Waals surface area contributed by atoms with Crippen molar-refractivity contribution in [1.29, 1.82) is 0 Å². The van der Waals surface area contributed by atoms with Crippen molar-refractivity contribution in [1.82, 2.24) is 9.78 Å². The maximum Gasteiger partial charge on any atom is 0.0521 e. The minimum absolute atomic E-state index is 0.924. The van der Waals surface area contributed by atoms with Crippen molar-refractivity contribution in [2.45, 2.75) is 33.2 Å². The summed E-state index contributed by atoms with van der Waals surface area (Å²) in [6.07, 6.45) is 4.76. The van der Waals surface area contributed by atoms with E-state index in [1.807, 2.05) is 6.20 Å². The van der Waals surface area contributed by atoms with E-state index in [0.29, 0.717) is 0 Å². The molecule has 0 radical (unpaired) electrons. The molecule has 0 amide bonds. The van der Waals surface area contributed by atoms with Crippen LogP contribution in [0, 0.1) is 19.8 Å². The Morgan fingerprint density at radius 3 is 2.73 bits per heavy atom. The molecule has 0 saturated heterocycles. The summed E-state index contributed by atoms with van der Waals surface area (Å²) in [5.41, 5.74) is 2.64. The molecule has 0 unspecified atom stereocenters. The van der Waals surface area contributed by atoms with E-state index in [1.54, 1.807) is 0 Å². The molecule has 1 aliphatic rings. The van der Waals surface area contributed by atoms with Gasteiger partial charge in [0.05, 0.1) is 6.20 Å². The molecular weight excluding hydrogens is 136 g/mol. The molecule has 60 valence electrons. The van der Waals surface area contributed by atoms with Gasteiger partial charge in [0.25, 0.3) is 0 Å². The Balaban J connectivity index is 2.15. The molecule has 11 heavy (non-hydrogen) atoms. The third-order valence-electron chi connectivity index (χ3n) is 2.48.